The van der Waals surface area contributed by atoms with Crippen LogP contribution in [0.5, 0.6) is 0 Å². The van der Waals surface area contributed by atoms with Crippen molar-refractivity contribution < 1.29 is 8.78 Å². The number of benzene rings is 2. The Morgan fingerprint density at radius 2 is 1.81 bits per heavy atom. The Morgan fingerprint density at radius 1 is 1.10 bits per heavy atom. The van der Waals surface area contributed by atoms with Crippen LogP contribution in [0.15, 0.2) is 40.9 Å². The van der Waals surface area contributed by atoms with Crippen molar-refractivity contribution in [2.75, 3.05) is 5.88 Å². The molecule has 0 saturated carbocycles. The average Bonchev–Trinajstić information content (AvgIpc) is 2.48. The molecule has 0 spiro atoms. The van der Waals surface area contributed by atoms with E-state index >= 15 is 0 Å². The summed E-state index contributed by atoms with van der Waals surface area (Å²) < 4.78 is 28.2. The number of aryl methyl sites for hydroxylation is 1. The molecule has 0 aliphatic heterocycles. The fraction of sp³-hybridized carbons (Fsp3) is 0.294. The minimum atomic E-state index is -0.532. The highest BCUT2D eigenvalue weighted by Gasteiger charge is 2.18. The maximum absolute atomic E-state index is 14.0. The summed E-state index contributed by atoms with van der Waals surface area (Å²) in [5.41, 5.74) is 2.44. The molecular weight excluding hydrogens is 358 g/mol. The Kier molecular flexibility index (Phi) is 5.77. The summed E-state index contributed by atoms with van der Waals surface area (Å²) in [4.78, 5) is 0. The predicted octanol–water partition coefficient (Wildman–Crippen LogP) is 5.68. The van der Waals surface area contributed by atoms with Crippen molar-refractivity contribution >= 4 is 27.5 Å². The van der Waals surface area contributed by atoms with Crippen LogP contribution in [0.25, 0.3) is 0 Å². The lowest BCUT2D eigenvalue weighted by Crippen LogP contribution is -2.13. The zero-order valence-electron chi connectivity index (χ0n) is 11.7. The standard InChI is InChI=1S/C17H16BrClF2/c1-11-4-2-3-5-13(11)8-12(10-19)9-14-16(20)7-6-15(18)17(14)21/h2-7,12H,8-10H2,1H3. The fourth-order valence-corrected chi connectivity index (χ4v) is 2.97. The maximum atomic E-state index is 14.0. The highest BCUT2D eigenvalue weighted by molar-refractivity contribution is 9.10. The molecule has 1 atom stereocenters. The number of hydrogen-bond acceptors (Lipinski definition) is 0. The quantitative estimate of drug-likeness (QED) is 0.467. The lowest BCUT2D eigenvalue weighted by Gasteiger charge is -2.17. The molecule has 112 valence electrons. The normalized spacial score (nSPS) is 12.4. The number of halogens is 4. The maximum Gasteiger partial charge on any atom is 0.143 e. The molecule has 4 heteroatoms. The molecule has 0 bridgehead atoms. The first-order chi connectivity index (χ1) is 10.0. The molecule has 0 heterocycles. The van der Waals surface area contributed by atoms with E-state index in [0.29, 0.717) is 12.3 Å². The van der Waals surface area contributed by atoms with E-state index in [1.54, 1.807) is 0 Å². The van der Waals surface area contributed by atoms with Crippen LogP contribution in [0.2, 0.25) is 0 Å². The van der Waals surface area contributed by atoms with Gasteiger partial charge in [0.1, 0.15) is 11.6 Å². The second-order valence-corrected chi connectivity index (χ2v) is 6.34. The molecule has 0 nitrogen and oxygen atoms in total. The Bertz CT molecular complexity index is 628. The van der Waals surface area contributed by atoms with Gasteiger partial charge in [-0.25, -0.2) is 8.78 Å². The molecule has 0 radical (unpaired) electrons. The van der Waals surface area contributed by atoms with Gasteiger partial charge >= 0.3 is 0 Å². The lowest BCUT2D eigenvalue weighted by atomic mass is 9.92. The van der Waals surface area contributed by atoms with Gasteiger partial charge in [0.2, 0.25) is 0 Å². The summed E-state index contributed by atoms with van der Waals surface area (Å²) in [5.74, 6) is -0.698. The van der Waals surface area contributed by atoms with Crippen molar-refractivity contribution in [2.45, 2.75) is 19.8 Å². The van der Waals surface area contributed by atoms with Crippen LogP contribution < -0.4 is 0 Å². The third kappa shape index (κ3) is 4.04. The Morgan fingerprint density at radius 3 is 2.48 bits per heavy atom. The molecule has 0 saturated heterocycles. The van der Waals surface area contributed by atoms with E-state index in [2.05, 4.69) is 15.9 Å². The predicted molar refractivity (Wildman–Crippen MR) is 86.9 cm³/mol. The average molecular weight is 374 g/mol. The summed E-state index contributed by atoms with van der Waals surface area (Å²) in [7, 11) is 0. The van der Waals surface area contributed by atoms with Gasteiger partial charge in [0.25, 0.3) is 0 Å². The highest BCUT2D eigenvalue weighted by Crippen LogP contribution is 2.26. The first kappa shape index (κ1) is 16.4. The van der Waals surface area contributed by atoms with Crippen LogP contribution in [0.4, 0.5) is 8.78 Å². The van der Waals surface area contributed by atoms with E-state index in [1.165, 1.54) is 23.3 Å². The minimum absolute atomic E-state index is 0.00827. The lowest BCUT2D eigenvalue weighted by molar-refractivity contribution is 0.505. The fourth-order valence-electron chi connectivity index (χ4n) is 2.38. The summed E-state index contributed by atoms with van der Waals surface area (Å²) in [6, 6.07) is 10.7. The second kappa shape index (κ2) is 7.37. The summed E-state index contributed by atoms with van der Waals surface area (Å²) in [6.45, 7) is 2.03. The van der Waals surface area contributed by atoms with Crippen LogP contribution in [0, 0.1) is 24.5 Å². The third-order valence-electron chi connectivity index (χ3n) is 3.62. The van der Waals surface area contributed by atoms with Crippen LogP contribution in [-0.4, -0.2) is 5.88 Å². The van der Waals surface area contributed by atoms with Gasteiger partial charge in [0, 0.05) is 11.4 Å². The van der Waals surface area contributed by atoms with E-state index in [1.807, 2.05) is 31.2 Å². The summed E-state index contributed by atoms with van der Waals surface area (Å²) >= 11 is 9.10. The molecule has 0 aliphatic rings. The van der Waals surface area contributed by atoms with Gasteiger partial charge < -0.3 is 0 Å². The van der Waals surface area contributed by atoms with E-state index < -0.39 is 11.6 Å². The van der Waals surface area contributed by atoms with E-state index in [4.69, 9.17) is 11.6 Å². The molecule has 21 heavy (non-hydrogen) atoms. The van der Waals surface area contributed by atoms with Crippen molar-refractivity contribution in [3.05, 3.63) is 69.2 Å². The van der Waals surface area contributed by atoms with Gasteiger partial charge in [-0.2, -0.15) is 0 Å². The van der Waals surface area contributed by atoms with Crippen molar-refractivity contribution in [3.8, 4) is 0 Å². The summed E-state index contributed by atoms with van der Waals surface area (Å²) in [6.07, 6.45) is 0.997. The zero-order valence-corrected chi connectivity index (χ0v) is 14.0. The third-order valence-corrected chi connectivity index (χ3v) is 4.67. The van der Waals surface area contributed by atoms with Crippen molar-refractivity contribution in [1.29, 1.82) is 0 Å². The van der Waals surface area contributed by atoms with Crippen LogP contribution in [-0.2, 0) is 12.8 Å². The molecule has 2 aromatic rings. The number of rotatable bonds is 5. The first-order valence-corrected chi connectivity index (χ1v) is 8.08. The minimum Gasteiger partial charge on any atom is -0.207 e. The van der Waals surface area contributed by atoms with Gasteiger partial charge in [-0.1, -0.05) is 24.3 Å². The SMILES string of the molecule is Cc1ccccc1CC(CCl)Cc1c(F)ccc(Br)c1F. The van der Waals surface area contributed by atoms with E-state index in [9.17, 15) is 8.78 Å². The summed E-state index contributed by atoms with van der Waals surface area (Å²) in [5, 5.41) is 0. The molecule has 0 amide bonds. The topological polar surface area (TPSA) is 0 Å². The van der Waals surface area contributed by atoms with Crippen LogP contribution >= 0.6 is 27.5 Å². The van der Waals surface area contributed by atoms with Gasteiger partial charge in [-0.3, -0.25) is 0 Å². The van der Waals surface area contributed by atoms with E-state index in [0.717, 1.165) is 0 Å². The van der Waals surface area contributed by atoms with Crippen molar-refractivity contribution in [1.82, 2.24) is 0 Å². The molecular formula is C17H16BrClF2. The number of alkyl halides is 1. The second-order valence-electron chi connectivity index (χ2n) is 5.18. The monoisotopic (exact) mass is 372 g/mol. The Balaban J connectivity index is 2.21. The van der Waals surface area contributed by atoms with Gasteiger partial charge in [0.05, 0.1) is 4.47 Å². The Labute approximate surface area is 137 Å². The van der Waals surface area contributed by atoms with E-state index in [-0.39, 0.29) is 22.4 Å². The molecule has 1 unspecified atom stereocenters. The van der Waals surface area contributed by atoms with Crippen LogP contribution in [0.3, 0.4) is 0 Å². The smallest absolute Gasteiger partial charge is 0.143 e. The molecule has 0 aromatic heterocycles. The molecule has 0 fully saturated rings. The highest BCUT2D eigenvalue weighted by atomic mass is 79.9. The van der Waals surface area contributed by atoms with Gasteiger partial charge in [-0.15, -0.1) is 11.6 Å². The molecule has 0 aliphatic carbocycles. The van der Waals surface area contributed by atoms with Gasteiger partial charge in [0.15, 0.2) is 0 Å². The molecule has 2 rings (SSSR count). The molecule has 2 aromatic carbocycles. The zero-order chi connectivity index (χ0) is 15.4. The molecule has 0 N–H and O–H groups in total. The van der Waals surface area contributed by atoms with Crippen LogP contribution in [0.1, 0.15) is 16.7 Å². The largest absolute Gasteiger partial charge is 0.207 e. The first-order valence-electron chi connectivity index (χ1n) is 6.75. The number of hydrogen-bond donors (Lipinski definition) is 0. The van der Waals surface area contributed by atoms with Gasteiger partial charge in [-0.05, 0) is 64.9 Å². The van der Waals surface area contributed by atoms with Crippen molar-refractivity contribution in [3.63, 3.8) is 0 Å². The van der Waals surface area contributed by atoms with Crippen molar-refractivity contribution in [2.24, 2.45) is 5.92 Å². The Hall–Kier alpha value is -0.930.